The van der Waals surface area contributed by atoms with Crippen molar-refractivity contribution < 1.29 is 14.3 Å². The molecule has 1 amide bonds. The lowest BCUT2D eigenvalue weighted by Gasteiger charge is -2.32. The van der Waals surface area contributed by atoms with E-state index in [9.17, 15) is 9.59 Å². The molecular formula is C12H17NO3. The minimum absolute atomic E-state index is 0.0121. The van der Waals surface area contributed by atoms with E-state index in [0.29, 0.717) is 12.8 Å². The quantitative estimate of drug-likeness (QED) is 0.720. The highest BCUT2D eigenvalue weighted by Gasteiger charge is 2.35. The molecule has 1 heterocycles. The van der Waals surface area contributed by atoms with Crippen molar-refractivity contribution in [1.82, 2.24) is 5.32 Å². The van der Waals surface area contributed by atoms with E-state index in [1.165, 1.54) is 0 Å². The monoisotopic (exact) mass is 223 g/mol. The normalized spacial score (nSPS) is 30.6. The van der Waals surface area contributed by atoms with E-state index in [1.807, 2.05) is 0 Å². The molecule has 0 radical (unpaired) electrons. The maximum absolute atomic E-state index is 11.7. The number of Topliss-reactive ketones (excluding diaryl/α,β-unsaturated/α-hetero) is 1. The Labute approximate surface area is 95.0 Å². The second-order valence-electron chi connectivity index (χ2n) is 4.47. The Hall–Kier alpha value is -1.16. The molecule has 4 heteroatoms. The molecule has 1 saturated carbocycles. The number of carbonyl (C=O) groups is 2. The molecule has 2 rings (SSSR count). The summed E-state index contributed by atoms with van der Waals surface area (Å²) in [5.74, 6) is 0.0576. The number of nitrogens with one attached hydrogen (secondary N) is 1. The van der Waals surface area contributed by atoms with Gasteiger partial charge in [-0.2, -0.15) is 0 Å². The lowest BCUT2D eigenvalue weighted by molar-refractivity contribution is -0.139. The molecule has 0 aromatic heterocycles. The van der Waals surface area contributed by atoms with Gasteiger partial charge in [0.25, 0.3) is 0 Å². The van der Waals surface area contributed by atoms with Crippen molar-refractivity contribution in [3.8, 4) is 0 Å². The molecule has 0 aromatic rings. The third-order valence-electron chi connectivity index (χ3n) is 3.25. The number of hydrogen-bond acceptors (Lipinski definition) is 3. The minimum Gasteiger partial charge on any atom is -0.372 e. The molecule has 16 heavy (non-hydrogen) atoms. The molecule has 2 aliphatic rings. The Balaban J connectivity index is 1.85. The summed E-state index contributed by atoms with van der Waals surface area (Å²) in [4.78, 5) is 22.6. The van der Waals surface area contributed by atoms with Gasteiger partial charge in [-0.3, -0.25) is 9.59 Å². The summed E-state index contributed by atoms with van der Waals surface area (Å²) in [6.07, 6.45) is 4.32. The van der Waals surface area contributed by atoms with Gasteiger partial charge in [0.1, 0.15) is 5.78 Å². The zero-order valence-electron chi connectivity index (χ0n) is 9.28. The van der Waals surface area contributed by atoms with E-state index in [4.69, 9.17) is 4.74 Å². The predicted octanol–water partition coefficient (Wildman–Crippen LogP) is 0.815. The predicted molar refractivity (Wildman–Crippen MR) is 58.8 cm³/mol. The van der Waals surface area contributed by atoms with Gasteiger partial charge in [0.2, 0.25) is 5.91 Å². The van der Waals surface area contributed by atoms with Gasteiger partial charge in [0, 0.05) is 19.4 Å². The lowest BCUT2D eigenvalue weighted by Crippen LogP contribution is -2.50. The van der Waals surface area contributed by atoms with Crippen LogP contribution in [-0.2, 0) is 14.3 Å². The van der Waals surface area contributed by atoms with Crippen LogP contribution in [0.15, 0.2) is 12.7 Å². The number of carbonyl (C=O) groups excluding carboxylic acids is 2. The molecule has 1 N–H and O–H groups in total. The van der Waals surface area contributed by atoms with E-state index in [0.717, 1.165) is 19.4 Å². The molecule has 2 atom stereocenters. The smallest absolute Gasteiger partial charge is 0.224 e. The molecule has 0 unspecified atom stereocenters. The topological polar surface area (TPSA) is 55.4 Å². The highest BCUT2D eigenvalue weighted by Crippen LogP contribution is 2.24. The van der Waals surface area contributed by atoms with E-state index < -0.39 is 0 Å². The van der Waals surface area contributed by atoms with Gasteiger partial charge in [-0.25, -0.2) is 0 Å². The Kier molecular flexibility index (Phi) is 3.39. The molecular weight excluding hydrogens is 206 g/mol. The Morgan fingerprint density at radius 1 is 1.50 bits per heavy atom. The second-order valence-corrected chi connectivity index (χ2v) is 4.47. The maximum atomic E-state index is 11.7. The van der Waals surface area contributed by atoms with E-state index in [-0.39, 0.29) is 29.8 Å². The Morgan fingerprint density at radius 2 is 2.25 bits per heavy atom. The van der Waals surface area contributed by atoms with Crippen LogP contribution in [0.5, 0.6) is 0 Å². The van der Waals surface area contributed by atoms with Gasteiger partial charge in [-0.15, -0.1) is 6.58 Å². The van der Waals surface area contributed by atoms with Crippen molar-refractivity contribution in [2.24, 2.45) is 5.92 Å². The zero-order valence-corrected chi connectivity index (χ0v) is 9.28. The van der Waals surface area contributed by atoms with Crippen LogP contribution in [0.1, 0.15) is 25.7 Å². The Bertz CT molecular complexity index is 305. The SMILES string of the molecule is C=C[C@@H]1OCCC[C@H]1NC(=O)C1CC(=O)C1. The minimum atomic E-state index is -0.111. The lowest BCUT2D eigenvalue weighted by atomic mass is 9.83. The molecule has 88 valence electrons. The first-order valence-electron chi connectivity index (χ1n) is 5.77. The summed E-state index contributed by atoms with van der Waals surface area (Å²) in [6, 6.07) is 0.0226. The third-order valence-corrected chi connectivity index (χ3v) is 3.25. The van der Waals surface area contributed by atoms with Gasteiger partial charge in [-0.05, 0) is 12.8 Å². The molecule has 1 saturated heterocycles. The average Bonchev–Trinajstić information content (AvgIpc) is 2.25. The number of ketones is 1. The van der Waals surface area contributed by atoms with Crippen molar-refractivity contribution >= 4 is 11.7 Å². The average molecular weight is 223 g/mol. The Morgan fingerprint density at radius 3 is 2.88 bits per heavy atom. The fourth-order valence-electron chi connectivity index (χ4n) is 2.17. The van der Waals surface area contributed by atoms with Gasteiger partial charge in [-0.1, -0.05) is 6.08 Å². The second kappa shape index (κ2) is 4.78. The van der Waals surface area contributed by atoms with E-state index in [1.54, 1.807) is 6.08 Å². The maximum Gasteiger partial charge on any atom is 0.224 e. The first-order valence-corrected chi connectivity index (χ1v) is 5.77. The van der Waals surface area contributed by atoms with Crippen LogP contribution in [-0.4, -0.2) is 30.4 Å². The van der Waals surface area contributed by atoms with Crippen molar-refractivity contribution in [2.75, 3.05) is 6.61 Å². The largest absolute Gasteiger partial charge is 0.372 e. The number of amides is 1. The van der Waals surface area contributed by atoms with Crippen LogP contribution in [0.4, 0.5) is 0 Å². The van der Waals surface area contributed by atoms with Gasteiger partial charge < -0.3 is 10.1 Å². The summed E-state index contributed by atoms with van der Waals surface area (Å²) in [6.45, 7) is 4.43. The fourth-order valence-corrected chi connectivity index (χ4v) is 2.17. The summed E-state index contributed by atoms with van der Waals surface area (Å²) in [7, 11) is 0. The number of ether oxygens (including phenoxy) is 1. The first kappa shape index (κ1) is 11.3. The van der Waals surface area contributed by atoms with Crippen molar-refractivity contribution in [1.29, 1.82) is 0 Å². The van der Waals surface area contributed by atoms with Crippen LogP contribution in [0.25, 0.3) is 0 Å². The fraction of sp³-hybridized carbons (Fsp3) is 0.667. The molecule has 0 bridgehead atoms. The van der Waals surface area contributed by atoms with Gasteiger partial charge in [0.05, 0.1) is 18.1 Å². The van der Waals surface area contributed by atoms with Crippen LogP contribution in [0.2, 0.25) is 0 Å². The van der Waals surface area contributed by atoms with Crippen LogP contribution in [0, 0.1) is 5.92 Å². The molecule has 2 fully saturated rings. The van der Waals surface area contributed by atoms with Crippen LogP contribution >= 0.6 is 0 Å². The molecule has 4 nitrogen and oxygen atoms in total. The third kappa shape index (κ3) is 2.32. The summed E-state index contributed by atoms with van der Waals surface area (Å²) < 4.78 is 5.49. The molecule has 1 aliphatic carbocycles. The highest BCUT2D eigenvalue weighted by molar-refractivity contribution is 5.96. The van der Waals surface area contributed by atoms with Crippen LogP contribution in [0.3, 0.4) is 0 Å². The summed E-state index contributed by atoms with van der Waals surface area (Å²) in [5.41, 5.74) is 0. The van der Waals surface area contributed by atoms with Crippen molar-refractivity contribution in [3.05, 3.63) is 12.7 Å². The highest BCUT2D eigenvalue weighted by atomic mass is 16.5. The van der Waals surface area contributed by atoms with Gasteiger partial charge in [0.15, 0.2) is 0 Å². The number of hydrogen-bond donors (Lipinski definition) is 1. The number of rotatable bonds is 3. The van der Waals surface area contributed by atoms with Crippen LogP contribution < -0.4 is 5.32 Å². The van der Waals surface area contributed by atoms with Crippen molar-refractivity contribution in [2.45, 2.75) is 37.8 Å². The van der Waals surface area contributed by atoms with Crippen molar-refractivity contribution in [3.63, 3.8) is 0 Å². The van der Waals surface area contributed by atoms with Gasteiger partial charge >= 0.3 is 0 Å². The van der Waals surface area contributed by atoms with E-state index in [2.05, 4.69) is 11.9 Å². The summed E-state index contributed by atoms with van der Waals surface area (Å²) in [5, 5.41) is 2.95. The molecule has 1 aliphatic heterocycles. The molecule has 0 spiro atoms. The zero-order chi connectivity index (χ0) is 11.5. The standard InChI is InChI=1S/C12H17NO3/c1-2-11-10(4-3-5-16-11)13-12(15)8-6-9(14)7-8/h2,8,10-11H,1,3-7H2,(H,13,15)/t10-,11+/m1/s1. The molecule has 0 aromatic carbocycles. The summed E-state index contributed by atoms with van der Waals surface area (Å²) >= 11 is 0. The van der Waals surface area contributed by atoms with E-state index >= 15 is 0 Å². The first-order chi connectivity index (χ1) is 7.70.